The van der Waals surface area contributed by atoms with Crippen molar-refractivity contribution in [3.8, 4) is 0 Å². The maximum Gasteiger partial charge on any atom is 0.358 e. The molecule has 0 aliphatic carbocycles. The Morgan fingerprint density at radius 3 is 2.82 bits per heavy atom. The first kappa shape index (κ1) is 11.3. The first-order valence-electron chi connectivity index (χ1n) is 5.13. The Labute approximate surface area is 97.9 Å². The molecule has 0 aliphatic rings. The highest BCUT2D eigenvalue weighted by atomic mass is 16.4. The van der Waals surface area contributed by atoms with E-state index in [0.29, 0.717) is 12.2 Å². The molecule has 0 atom stereocenters. The van der Waals surface area contributed by atoms with E-state index < -0.39 is 5.97 Å². The summed E-state index contributed by atoms with van der Waals surface area (Å²) in [5.74, 6) is -1.06. The lowest BCUT2D eigenvalue weighted by atomic mass is 10.2. The molecule has 0 unspecified atom stereocenters. The van der Waals surface area contributed by atoms with Crippen LogP contribution in [0.1, 0.15) is 27.4 Å². The van der Waals surface area contributed by atoms with Crippen molar-refractivity contribution in [1.82, 2.24) is 20.0 Å². The lowest BCUT2D eigenvalue weighted by Crippen LogP contribution is -2.08. The zero-order valence-electron chi connectivity index (χ0n) is 9.58. The molecule has 0 saturated heterocycles. The van der Waals surface area contributed by atoms with Crippen molar-refractivity contribution in [2.24, 2.45) is 0 Å². The number of rotatable bonds is 3. The van der Waals surface area contributed by atoms with Crippen LogP contribution in [0.2, 0.25) is 0 Å². The van der Waals surface area contributed by atoms with E-state index in [4.69, 9.17) is 5.11 Å². The molecular formula is C11H12N4O2. The SMILES string of the molecule is Cc1cccnc1Cn1nnc(C(=O)O)c1C. The number of aromatic carboxylic acids is 1. The third kappa shape index (κ3) is 2.15. The molecule has 0 saturated carbocycles. The third-order valence-corrected chi connectivity index (χ3v) is 2.60. The molecule has 0 fully saturated rings. The van der Waals surface area contributed by atoms with Crippen molar-refractivity contribution < 1.29 is 9.90 Å². The van der Waals surface area contributed by atoms with Gasteiger partial charge in [0.05, 0.1) is 17.9 Å². The van der Waals surface area contributed by atoms with Gasteiger partial charge >= 0.3 is 5.97 Å². The van der Waals surface area contributed by atoms with Crippen LogP contribution in [0, 0.1) is 13.8 Å². The second-order valence-corrected chi connectivity index (χ2v) is 3.75. The number of carboxylic acids is 1. The normalized spacial score (nSPS) is 10.5. The molecule has 2 aromatic rings. The first-order chi connectivity index (χ1) is 8.09. The van der Waals surface area contributed by atoms with E-state index in [-0.39, 0.29) is 5.69 Å². The standard InChI is InChI=1S/C11H12N4O2/c1-7-4-3-5-12-9(7)6-15-8(2)10(11(16)17)13-14-15/h3-5H,6H2,1-2H3,(H,16,17). The molecule has 6 nitrogen and oxygen atoms in total. The topological polar surface area (TPSA) is 80.9 Å². The van der Waals surface area contributed by atoms with Gasteiger partial charge in [0, 0.05) is 6.20 Å². The zero-order valence-corrected chi connectivity index (χ0v) is 9.58. The molecule has 0 aromatic carbocycles. The fraction of sp³-hybridized carbons (Fsp3) is 0.273. The summed E-state index contributed by atoms with van der Waals surface area (Å²) < 4.78 is 1.54. The van der Waals surface area contributed by atoms with Gasteiger partial charge in [-0.15, -0.1) is 5.10 Å². The van der Waals surface area contributed by atoms with Gasteiger partial charge in [-0.3, -0.25) is 4.98 Å². The summed E-state index contributed by atoms with van der Waals surface area (Å²) in [5, 5.41) is 16.3. The van der Waals surface area contributed by atoms with E-state index in [9.17, 15) is 4.79 Å². The van der Waals surface area contributed by atoms with Gasteiger partial charge in [0.25, 0.3) is 0 Å². The lowest BCUT2D eigenvalue weighted by molar-refractivity contribution is 0.0689. The molecule has 0 aliphatic heterocycles. The highest BCUT2D eigenvalue weighted by molar-refractivity contribution is 5.86. The Kier molecular flexibility index (Phi) is 2.86. The van der Waals surface area contributed by atoms with Crippen LogP contribution >= 0.6 is 0 Å². The number of hydrogen-bond donors (Lipinski definition) is 1. The van der Waals surface area contributed by atoms with E-state index in [1.54, 1.807) is 17.8 Å². The number of aromatic nitrogens is 4. The predicted octanol–water partition coefficient (Wildman–Crippen LogP) is 1.04. The van der Waals surface area contributed by atoms with Crippen molar-refractivity contribution in [3.05, 3.63) is 41.0 Å². The molecule has 2 rings (SSSR count). The minimum absolute atomic E-state index is 0.0152. The summed E-state index contributed by atoms with van der Waals surface area (Å²) in [7, 11) is 0. The van der Waals surface area contributed by atoms with E-state index >= 15 is 0 Å². The summed E-state index contributed by atoms with van der Waals surface area (Å²) in [6, 6.07) is 3.81. The van der Waals surface area contributed by atoms with Gasteiger partial charge in [0.1, 0.15) is 0 Å². The smallest absolute Gasteiger partial charge is 0.358 e. The molecule has 0 bridgehead atoms. The quantitative estimate of drug-likeness (QED) is 0.855. The van der Waals surface area contributed by atoms with E-state index in [1.807, 2.05) is 19.1 Å². The van der Waals surface area contributed by atoms with Gasteiger partial charge in [0.2, 0.25) is 0 Å². The van der Waals surface area contributed by atoms with Gasteiger partial charge in [-0.2, -0.15) is 0 Å². The van der Waals surface area contributed by atoms with Crippen molar-refractivity contribution in [2.75, 3.05) is 0 Å². The molecular weight excluding hydrogens is 220 g/mol. The van der Waals surface area contributed by atoms with Crippen LogP contribution in [0.4, 0.5) is 0 Å². The van der Waals surface area contributed by atoms with Crippen LogP contribution in [0.25, 0.3) is 0 Å². The van der Waals surface area contributed by atoms with E-state index in [1.165, 1.54) is 0 Å². The number of aryl methyl sites for hydroxylation is 1. The maximum absolute atomic E-state index is 10.8. The molecule has 6 heteroatoms. The number of carboxylic acid groups (broad SMARTS) is 1. The van der Waals surface area contributed by atoms with Gasteiger partial charge in [-0.25, -0.2) is 9.48 Å². The molecule has 0 amide bonds. The maximum atomic E-state index is 10.8. The van der Waals surface area contributed by atoms with Crippen LogP contribution in [0.3, 0.4) is 0 Å². The molecule has 2 heterocycles. The van der Waals surface area contributed by atoms with Gasteiger partial charge in [-0.05, 0) is 25.5 Å². The zero-order chi connectivity index (χ0) is 12.4. The van der Waals surface area contributed by atoms with E-state index in [2.05, 4.69) is 15.3 Å². The molecule has 1 N–H and O–H groups in total. The minimum Gasteiger partial charge on any atom is -0.476 e. The average molecular weight is 232 g/mol. The van der Waals surface area contributed by atoms with Crippen LogP contribution in [0.15, 0.2) is 18.3 Å². The third-order valence-electron chi connectivity index (χ3n) is 2.60. The fourth-order valence-corrected chi connectivity index (χ4v) is 1.53. The van der Waals surface area contributed by atoms with Crippen LogP contribution in [0.5, 0.6) is 0 Å². The minimum atomic E-state index is -1.06. The molecule has 0 radical (unpaired) electrons. The van der Waals surface area contributed by atoms with Crippen molar-refractivity contribution in [1.29, 1.82) is 0 Å². The largest absolute Gasteiger partial charge is 0.476 e. The Hall–Kier alpha value is -2.24. The Balaban J connectivity index is 2.31. The van der Waals surface area contributed by atoms with Crippen molar-refractivity contribution in [3.63, 3.8) is 0 Å². The Morgan fingerprint density at radius 2 is 2.24 bits per heavy atom. The van der Waals surface area contributed by atoms with Crippen LogP contribution in [-0.4, -0.2) is 31.1 Å². The molecule has 2 aromatic heterocycles. The average Bonchev–Trinajstić information content (AvgIpc) is 2.64. The van der Waals surface area contributed by atoms with Gasteiger partial charge in [0.15, 0.2) is 5.69 Å². The van der Waals surface area contributed by atoms with Crippen molar-refractivity contribution in [2.45, 2.75) is 20.4 Å². The highest BCUT2D eigenvalue weighted by Crippen LogP contribution is 2.09. The number of nitrogens with zero attached hydrogens (tertiary/aromatic N) is 4. The van der Waals surface area contributed by atoms with Crippen molar-refractivity contribution >= 4 is 5.97 Å². The molecule has 88 valence electrons. The second-order valence-electron chi connectivity index (χ2n) is 3.75. The number of pyridine rings is 1. The van der Waals surface area contributed by atoms with Crippen LogP contribution < -0.4 is 0 Å². The summed E-state index contributed by atoms with van der Waals surface area (Å²) in [6.07, 6.45) is 1.70. The summed E-state index contributed by atoms with van der Waals surface area (Å²) >= 11 is 0. The first-order valence-corrected chi connectivity index (χ1v) is 5.13. The summed E-state index contributed by atoms with van der Waals surface area (Å²) in [5.41, 5.74) is 2.41. The summed E-state index contributed by atoms with van der Waals surface area (Å²) in [4.78, 5) is 15.1. The van der Waals surface area contributed by atoms with Gasteiger partial charge in [-0.1, -0.05) is 11.3 Å². The molecule has 0 spiro atoms. The Morgan fingerprint density at radius 1 is 1.47 bits per heavy atom. The monoisotopic (exact) mass is 232 g/mol. The predicted molar refractivity (Wildman–Crippen MR) is 59.8 cm³/mol. The Bertz CT molecular complexity index is 562. The highest BCUT2D eigenvalue weighted by Gasteiger charge is 2.15. The number of carbonyl (C=O) groups is 1. The second kappa shape index (κ2) is 4.32. The fourth-order valence-electron chi connectivity index (χ4n) is 1.53. The van der Waals surface area contributed by atoms with E-state index in [0.717, 1.165) is 11.3 Å². The van der Waals surface area contributed by atoms with Crippen LogP contribution in [-0.2, 0) is 6.54 Å². The number of hydrogen-bond acceptors (Lipinski definition) is 4. The lowest BCUT2D eigenvalue weighted by Gasteiger charge is -2.05. The summed E-state index contributed by atoms with van der Waals surface area (Å²) in [6.45, 7) is 4.06. The molecule has 17 heavy (non-hydrogen) atoms. The van der Waals surface area contributed by atoms with Gasteiger partial charge < -0.3 is 5.11 Å².